The molecule has 5 nitrogen and oxygen atoms in total. The van der Waals surface area contributed by atoms with E-state index in [0.717, 1.165) is 4.90 Å². The fraction of sp³-hybridized carbons (Fsp3) is 0.0769. The van der Waals surface area contributed by atoms with Crippen LogP contribution < -0.4 is 15.6 Å². The van der Waals surface area contributed by atoms with Crippen molar-refractivity contribution in [2.24, 2.45) is 5.14 Å². The number of nitrogens with two attached hydrogens (primary N) is 2. The molecule has 2 rings (SSSR count). The lowest BCUT2D eigenvalue weighted by molar-refractivity contribution is 0.405. The van der Waals surface area contributed by atoms with Crippen LogP contribution in [0.2, 0.25) is 0 Å². The normalized spacial score (nSPS) is 11.3. The third-order valence-corrected chi connectivity index (χ3v) is 4.64. The van der Waals surface area contributed by atoms with Gasteiger partial charge in [-0.2, -0.15) is 0 Å². The van der Waals surface area contributed by atoms with Gasteiger partial charge in [0.2, 0.25) is 10.0 Å². The highest BCUT2D eigenvalue weighted by molar-refractivity contribution is 7.99. The van der Waals surface area contributed by atoms with Crippen LogP contribution in [0, 0.1) is 0 Å². The van der Waals surface area contributed by atoms with E-state index in [1.807, 2.05) is 24.3 Å². The van der Waals surface area contributed by atoms with Gasteiger partial charge in [0.1, 0.15) is 5.75 Å². The minimum atomic E-state index is -3.75. The van der Waals surface area contributed by atoms with Gasteiger partial charge < -0.3 is 10.5 Å². The second kappa shape index (κ2) is 5.74. The van der Waals surface area contributed by atoms with Crippen LogP contribution in [0.4, 0.5) is 5.69 Å². The Morgan fingerprint density at radius 1 is 1.10 bits per heavy atom. The van der Waals surface area contributed by atoms with Gasteiger partial charge in [0.05, 0.1) is 16.9 Å². The van der Waals surface area contributed by atoms with Crippen LogP contribution in [0.15, 0.2) is 57.2 Å². The fourth-order valence-corrected chi connectivity index (χ4v) is 3.22. The summed E-state index contributed by atoms with van der Waals surface area (Å²) in [6.45, 7) is 0. The Balaban J connectivity index is 2.43. The van der Waals surface area contributed by atoms with Crippen LogP contribution in [0.5, 0.6) is 5.75 Å². The summed E-state index contributed by atoms with van der Waals surface area (Å²) in [6.07, 6.45) is 0. The number of para-hydroxylation sites is 1. The van der Waals surface area contributed by atoms with E-state index in [-0.39, 0.29) is 4.90 Å². The van der Waals surface area contributed by atoms with Gasteiger partial charge in [0.15, 0.2) is 0 Å². The Morgan fingerprint density at radius 2 is 1.80 bits per heavy atom. The molecule has 0 aliphatic rings. The number of nitrogen functional groups attached to an aromatic ring is 1. The van der Waals surface area contributed by atoms with Gasteiger partial charge in [-0.3, -0.25) is 0 Å². The molecule has 0 aliphatic carbocycles. The number of benzene rings is 2. The molecule has 0 aromatic heterocycles. The van der Waals surface area contributed by atoms with Crippen LogP contribution in [0.1, 0.15) is 0 Å². The minimum absolute atomic E-state index is 0.0316. The summed E-state index contributed by atoms with van der Waals surface area (Å²) in [4.78, 5) is 1.48. The Labute approximate surface area is 122 Å². The van der Waals surface area contributed by atoms with Crippen LogP contribution in [0.25, 0.3) is 0 Å². The summed E-state index contributed by atoms with van der Waals surface area (Å²) in [7, 11) is -2.18. The summed E-state index contributed by atoms with van der Waals surface area (Å²) in [5, 5.41) is 5.12. The highest BCUT2D eigenvalue weighted by Crippen LogP contribution is 2.38. The molecule has 0 fully saturated rings. The smallest absolute Gasteiger partial charge is 0.238 e. The lowest BCUT2D eigenvalue weighted by Gasteiger charge is -2.10. The molecule has 0 aliphatic heterocycles. The molecule has 0 unspecified atom stereocenters. The number of sulfonamides is 1. The van der Waals surface area contributed by atoms with E-state index < -0.39 is 10.0 Å². The maximum absolute atomic E-state index is 11.4. The first-order valence-electron chi connectivity index (χ1n) is 5.65. The maximum atomic E-state index is 11.4. The molecule has 2 aromatic rings. The van der Waals surface area contributed by atoms with Gasteiger partial charge in [0, 0.05) is 10.6 Å². The van der Waals surface area contributed by atoms with E-state index in [4.69, 9.17) is 15.6 Å². The first-order valence-corrected chi connectivity index (χ1v) is 8.01. The van der Waals surface area contributed by atoms with Gasteiger partial charge in [-0.05, 0) is 30.3 Å². The third-order valence-electron chi connectivity index (χ3n) is 2.60. The molecule has 0 saturated carbocycles. The number of ether oxygens (including phenoxy) is 1. The zero-order valence-corrected chi connectivity index (χ0v) is 12.4. The lowest BCUT2D eigenvalue weighted by Crippen LogP contribution is -2.12. The number of rotatable bonds is 4. The van der Waals surface area contributed by atoms with Crippen LogP contribution in [-0.2, 0) is 10.0 Å². The highest BCUT2D eigenvalue weighted by Gasteiger charge is 2.12. The average Bonchev–Trinajstić information content (AvgIpc) is 2.40. The predicted octanol–water partition coefficient (Wildman–Crippen LogP) is 2.08. The molecule has 2 aromatic carbocycles. The van der Waals surface area contributed by atoms with Crippen LogP contribution in [0.3, 0.4) is 0 Å². The number of anilines is 1. The van der Waals surface area contributed by atoms with E-state index in [0.29, 0.717) is 16.3 Å². The van der Waals surface area contributed by atoms with Gasteiger partial charge in [-0.15, -0.1) is 0 Å². The number of hydrogen-bond donors (Lipinski definition) is 2. The molecule has 0 heterocycles. The van der Waals surface area contributed by atoms with Gasteiger partial charge >= 0.3 is 0 Å². The first-order chi connectivity index (χ1) is 9.41. The first kappa shape index (κ1) is 14.7. The van der Waals surface area contributed by atoms with E-state index >= 15 is 0 Å². The molecular formula is C13H14N2O3S2. The van der Waals surface area contributed by atoms with Crippen molar-refractivity contribution in [2.45, 2.75) is 14.7 Å². The van der Waals surface area contributed by atoms with Crippen molar-refractivity contribution in [1.29, 1.82) is 0 Å². The molecule has 0 spiro atoms. The predicted molar refractivity (Wildman–Crippen MR) is 79.3 cm³/mol. The Morgan fingerprint density at radius 3 is 2.45 bits per heavy atom. The fourth-order valence-electron chi connectivity index (χ4n) is 1.60. The molecule has 0 bridgehead atoms. The van der Waals surface area contributed by atoms with Crippen molar-refractivity contribution in [3.05, 3.63) is 42.5 Å². The third kappa shape index (κ3) is 3.24. The van der Waals surface area contributed by atoms with Crippen molar-refractivity contribution < 1.29 is 13.2 Å². The SMILES string of the molecule is COc1ccccc1Sc1cc(S(N)(=O)=O)ccc1N. The Bertz CT molecular complexity index is 730. The summed E-state index contributed by atoms with van der Waals surface area (Å²) >= 11 is 1.33. The van der Waals surface area contributed by atoms with E-state index in [1.54, 1.807) is 7.11 Å². The van der Waals surface area contributed by atoms with Crippen molar-refractivity contribution in [3.63, 3.8) is 0 Å². The Hall–Kier alpha value is -1.70. The lowest BCUT2D eigenvalue weighted by atomic mass is 10.3. The van der Waals surface area contributed by atoms with Gasteiger partial charge in [0.25, 0.3) is 0 Å². The van der Waals surface area contributed by atoms with Crippen molar-refractivity contribution in [3.8, 4) is 5.75 Å². The van der Waals surface area contributed by atoms with Crippen molar-refractivity contribution in [2.75, 3.05) is 12.8 Å². The van der Waals surface area contributed by atoms with Gasteiger partial charge in [-0.1, -0.05) is 23.9 Å². The minimum Gasteiger partial charge on any atom is -0.496 e. The summed E-state index contributed by atoms with van der Waals surface area (Å²) in [5.74, 6) is 0.693. The maximum Gasteiger partial charge on any atom is 0.238 e. The highest BCUT2D eigenvalue weighted by atomic mass is 32.2. The molecule has 7 heteroatoms. The second-order valence-corrected chi connectivity index (χ2v) is 6.64. The zero-order chi connectivity index (χ0) is 14.8. The van der Waals surface area contributed by atoms with Crippen molar-refractivity contribution >= 4 is 27.5 Å². The van der Waals surface area contributed by atoms with Crippen molar-refractivity contribution in [1.82, 2.24) is 0 Å². The molecule has 0 saturated heterocycles. The monoisotopic (exact) mass is 310 g/mol. The zero-order valence-electron chi connectivity index (χ0n) is 10.7. The van der Waals surface area contributed by atoms with Crippen LogP contribution >= 0.6 is 11.8 Å². The molecule has 0 amide bonds. The van der Waals surface area contributed by atoms with E-state index in [1.165, 1.54) is 30.0 Å². The van der Waals surface area contributed by atoms with Gasteiger partial charge in [-0.25, -0.2) is 13.6 Å². The molecule has 4 N–H and O–H groups in total. The average molecular weight is 310 g/mol. The topological polar surface area (TPSA) is 95.4 Å². The standard InChI is InChI=1S/C13H14N2O3S2/c1-18-11-4-2-3-5-12(11)19-13-8-9(20(15,16)17)6-7-10(13)14/h2-8H,14H2,1H3,(H2,15,16,17). The number of hydrogen-bond acceptors (Lipinski definition) is 5. The largest absolute Gasteiger partial charge is 0.496 e. The molecule has 20 heavy (non-hydrogen) atoms. The molecule has 0 radical (unpaired) electrons. The summed E-state index contributed by atoms with van der Waals surface area (Å²) < 4.78 is 28.0. The second-order valence-electron chi connectivity index (χ2n) is 4.00. The molecular weight excluding hydrogens is 296 g/mol. The quantitative estimate of drug-likeness (QED) is 0.843. The number of primary sulfonamides is 1. The Kier molecular flexibility index (Phi) is 4.22. The van der Waals surface area contributed by atoms with E-state index in [9.17, 15) is 8.42 Å². The van der Waals surface area contributed by atoms with E-state index in [2.05, 4.69) is 0 Å². The van der Waals surface area contributed by atoms with Crippen LogP contribution in [-0.4, -0.2) is 15.5 Å². The summed E-state index contributed by atoms with van der Waals surface area (Å²) in [5.41, 5.74) is 6.35. The molecule has 0 atom stereocenters. The molecule has 106 valence electrons. The summed E-state index contributed by atoms with van der Waals surface area (Å²) in [6, 6.07) is 11.8. The number of methoxy groups -OCH3 is 1.